The van der Waals surface area contributed by atoms with Crippen LogP contribution in [0.25, 0.3) is 0 Å². The monoisotopic (exact) mass is 393 g/mol. The van der Waals surface area contributed by atoms with Crippen LogP contribution in [0.2, 0.25) is 0 Å². The SMILES string of the molecule is N#CN1CCC(N2CCCN(c3cccc(N4CCOCC4)c3)S2(O)O)C1. The number of hydrogen-bond acceptors (Lipinski definition) is 8. The smallest absolute Gasteiger partial charge is 0.179 e. The van der Waals surface area contributed by atoms with Crippen LogP contribution in [0.4, 0.5) is 11.4 Å². The summed E-state index contributed by atoms with van der Waals surface area (Å²) in [6.45, 7) is 5.62. The Balaban J connectivity index is 1.55. The number of rotatable bonds is 3. The van der Waals surface area contributed by atoms with Gasteiger partial charge in [-0.15, -0.1) is 0 Å². The predicted molar refractivity (Wildman–Crippen MR) is 107 cm³/mol. The van der Waals surface area contributed by atoms with Crippen LogP contribution in [-0.2, 0) is 4.74 Å². The van der Waals surface area contributed by atoms with Gasteiger partial charge in [0.05, 0.1) is 24.9 Å². The van der Waals surface area contributed by atoms with E-state index < -0.39 is 11.0 Å². The Labute approximate surface area is 162 Å². The number of nitrogens with zero attached hydrogens (tertiary/aromatic N) is 5. The van der Waals surface area contributed by atoms with Gasteiger partial charge in [-0.1, -0.05) is 17.0 Å². The molecule has 27 heavy (non-hydrogen) atoms. The zero-order valence-electron chi connectivity index (χ0n) is 15.4. The lowest BCUT2D eigenvalue weighted by Crippen LogP contribution is -2.50. The van der Waals surface area contributed by atoms with Gasteiger partial charge in [0, 0.05) is 45.0 Å². The van der Waals surface area contributed by atoms with Gasteiger partial charge in [-0.25, -0.2) is 0 Å². The molecule has 1 atom stereocenters. The van der Waals surface area contributed by atoms with Gasteiger partial charge in [0.15, 0.2) is 6.19 Å². The first kappa shape index (κ1) is 18.7. The lowest BCUT2D eigenvalue weighted by molar-refractivity contribution is 0.122. The highest BCUT2D eigenvalue weighted by Gasteiger charge is 2.41. The standard InChI is InChI=1S/C18H27N5O3S/c19-15-20-8-5-18(14-20)23-7-2-6-22(27(23,24)25)17-4-1-3-16(13-17)21-9-11-26-12-10-21/h1,3-4,13,18,24-25H,2,5-12,14H2. The quantitative estimate of drug-likeness (QED) is 0.756. The van der Waals surface area contributed by atoms with Crippen molar-refractivity contribution in [1.82, 2.24) is 9.21 Å². The van der Waals surface area contributed by atoms with E-state index in [1.165, 1.54) is 0 Å². The highest BCUT2D eigenvalue weighted by molar-refractivity contribution is 8.23. The van der Waals surface area contributed by atoms with Crippen LogP contribution in [0.3, 0.4) is 0 Å². The van der Waals surface area contributed by atoms with Crippen LogP contribution in [-0.4, -0.2) is 76.8 Å². The van der Waals surface area contributed by atoms with Crippen molar-refractivity contribution in [3.63, 3.8) is 0 Å². The van der Waals surface area contributed by atoms with Crippen LogP contribution in [0.1, 0.15) is 12.8 Å². The van der Waals surface area contributed by atoms with E-state index in [0.717, 1.165) is 37.3 Å². The first-order chi connectivity index (χ1) is 13.1. The van der Waals surface area contributed by atoms with E-state index in [2.05, 4.69) is 17.2 Å². The number of benzene rings is 1. The molecule has 3 heterocycles. The van der Waals surface area contributed by atoms with E-state index in [4.69, 9.17) is 10.00 Å². The maximum atomic E-state index is 11.1. The summed E-state index contributed by atoms with van der Waals surface area (Å²) < 4.78 is 31.2. The Hall–Kier alpha value is -1.70. The van der Waals surface area contributed by atoms with Gasteiger partial charge in [0.1, 0.15) is 0 Å². The van der Waals surface area contributed by atoms with Crippen molar-refractivity contribution >= 4 is 22.3 Å². The molecule has 0 bridgehead atoms. The van der Waals surface area contributed by atoms with Crippen LogP contribution in [0.15, 0.2) is 24.3 Å². The van der Waals surface area contributed by atoms with Gasteiger partial charge in [-0.05, 0) is 31.0 Å². The van der Waals surface area contributed by atoms with Crippen molar-refractivity contribution in [2.45, 2.75) is 18.9 Å². The summed E-state index contributed by atoms with van der Waals surface area (Å²) in [5.41, 5.74) is 1.92. The fourth-order valence-electron chi connectivity index (χ4n) is 4.13. The topological polar surface area (TPSA) is 86.4 Å². The molecule has 0 radical (unpaired) electrons. The van der Waals surface area contributed by atoms with Crippen LogP contribution >= 0.6 is 11.0 Å². The lowest BCUT2D eigenvalue weighted by atomic mass is 10.2. The van der Waals surface area contributed by atoms with Crippen molar-refractivity contribution < 1.29 is 13.8 Å². The maximum absolute atomic E-state index is 11.1. The molecule has 3 aliphatic heterocycles. The fourth-order valence-corrected chi connectivity index (χ4v) is 6.10. The molecule has 1 aromatic rings. The number of morpholine rings is 1. The van der Waals surface area contributed by atoms with Crippen molar-refractivity contribution in [1.29, 1.82) is 5.26 Å². The Morgan fingerprint density at radius 1 is 1.07 bits per heavy atom. The van der Waals surface area contributed by atoms with Crippen LogP contribution in [0, 0.1) is 11.5 Å². The second kappa shape index (κ2) is 7.73. The molecule has 9 heteroatoms. The summed E-state index contributed by atoms with van der Waals surface area (Å²) in [5, 5.41) is 9.11. The molecule has 0 aromatic heterocycles. The van der Waals surface area contributed by atoms with Gasteiger partial charge < -0.3 is 14.5 Å². The maximum Gasteiger partial charge on any atom is 0.179 e. The summed E-state index contributed by atoms with van der Waals surface area (Å²) in [4.78, 5) is 3.96. The third-order valence-corrected chi connectivity index (χ3v) is 7.65. The third-order valence-electron chi connectivity index (χ3n) is 5.56. The molecule has 0 amide bonds. The Morgan fingerprint density at radius 2 is 1.85 bits per heavy atom. The molecule has 3 saturated heterocycles. The van der Waals surface area contributed by atoms with Crippen molar-refractivity contribution in [3.8, 4) is 6.19 Å². The normalized spacial score (nSPS) is 27.4. The highest BCUT2D eigenvalue weighted by atomic mass is 32.3. The summed E-state index contributed by atoms with van der Waals surface area (Å²) in [7, 11) is -3.09. The predicted octanol–water partition coefficient (Wildman–Crippen LogP) is 2.17. The zero-order chi connectivity index (χ0) is 18.9. The summed E-state index contributed by atoms with van der Waals surface area (Å²) in [5.74, 6) is 0. The summed E-state index contributed by atoms with van der Waals surface area (Å²) in [6.07, 6.45) is 3.81. The fraction of sp³-hybridized carbons (Fsp3) is 0.611. The minimum atomic E-state index is -3.09. The number of anilines is 2. The molecule has 148 valence electrons. The first-order valence-corrected chi connectivity index (χ1v) is 11.0. The molecule has 1 aromatic carbocycles. The van der Waals surface area contributed by atoms with Crippen molar-refractivity contribution in [2.75, 3.05) is 61.7 Å². The highest BCUT2D eigenvalue weighted by Crippen LogP contribution is 2.54. The molecule has 0 saturated carbocycles. The Kier molecular flexibility index (Phi) is 5.34. The molecular formula is C18H27N5O3S. The first-order valence-electron chi connectivity index (χ1n) is 9.50. The van der Waals surface area contributed by atoms with Crippen LogP contribution in [0.5, 0.6) is 0 Å². The molecule has 3 fully saturated rings. The third kappa shape index (κ3) is 3.68. The van der Waals surface area contributed by atoms with Gasteiger partial charge in [-0.2, -0.15) is 9.57 Å². The van der Waals surface area contributed by atoms with Crippen molar-refractivity contribution in [3.05, 3.63) is 24.3 Å². The Bertz CT molecular complexity index is 706. The van der Waals surface area contributed by atoms with E-state index in [1.807, 2.05) is 22.5 Å². The summed E-state index contributed by atoms with van der Waals surface area (Å²) in [6, 6.07) is 8.02. The van der Waals surface area contributed by atoms with E-state index in [9.17, 15) is 9.11 Å². The molecule has 3 aliphatic rings. The molecule has 2 N–H and O–H groups in total. The molecule has 1 unspecified atom stereocenters. The van der Waals surface area contributed by atoms with Crippen molar-refractivity contribution in [2.24, 2.45) is 0 Å². The van der Waals surface area contributed by atoms with E-state index in [1.54, 1.807) is 9.21 Å². The van der Waals surface area contributed by atoms with Gasteiger partial charge in [0.25, 0.3) is 0 Å². The molecular weight excluding hydrogens is 366 g/mol. The Morgan fingerprint density at radius 3 is 2.59 bits per heavy atom. The van der Waals surface area contributed by atoms with E-state index in [0.29, 0.717) is 39.4 Å². The average molecular weight is 394 g/mol. The molecule has 0 aliphatic carbocycles. The second-order valence-corrected chi connectivity index (χ2v) is 9.08. The van der Waals surface area contributed by atoms with Gasteiger partial charge in [0.2, 0.25) is 0 Å². The minimum Gasteiger partial charge on any atom is -0.378 e. The largest absolute Gasteiger partial charge is 0.378 e. The zero-order valence-corrected chi connectivity index (χ0v) is 16.2. The molecule has 8 nitrogen and oxygen atoms in total. The molecule has 4 rings (SSSR count). The number of ether oxygens (including phenoxy) is 1. The molecule has 0 spiro atoms. The number of hydrogen-bond donors (Lipinski definition) is 2. The summed E-state index contributed by atoms with van der Waals surface area (Å²) >= 11 is 0. The average Bonchev–Trinajstić information content (AvgIpc) is 3.17. The van der Waals surface area contributed by atoms with E-state index >= 15 is 0 Å². The van der Waals surface area contributed by atoms with Gasteiger partial charge >= 0.3 is 0 Å². The minimum absolute atomic E-state index is 0.000115. The second-order valence-electron chi connectivity index (χ2n) is 7.19. The van der Waals surface area contributed by atoms with E-state index in [-0.39, 0.29) is 6.04 Å². The lowest BCUT2D eigenvalue weighted by Gasteiger charge is -2.55. The van der Waals surface area contributed by atoms with Crippen LogP contribution < -0.4 is 9.21 Å². The number of likely N-dealkylation sites (tertiary alicyclic amines) is 1. The number of nitriles is 1. The van der Waals surface area contributed by atoms with Gasteiger partial charge in [-0.3, -0.25) is 13.4 Å².